The highest BCUT2D eigenvalue weighted by Crippen LogP contribution is 2.41. The maximum Gasteiger partial charge on any atom is 0.246 e. The smallest absolute Gasteiger partial charge is 0.246 e. The summed E-state index contributed by atoms with van der Waals surface area (Å²) in [6.45, 7) is 1.89. The Labute approximate surface area is 220 Å². The molecular weight excluding hydrogens is 466 g/mol. The predicted molar refractivity (Wildman–Crippen MR) is 147 cm³/mol. The quantitative estimate of drug-likeness (QED) is 0.135. The van der Waals surface area contributed by atoms with Gasteiger partial charge in [0.25, 0.3) is 0 Å². The van der Waals surface area contributed by atoms with Crippen molar-refractivity contribution in [3.63, 3.8) is 0 Å². The number of nitrogen functional groups attached to an aromatic ring is 1. The molecule has 0 spiro atoms. The third-order valence-electron chi connectivity index (χ3n) is 8.14. The SMILES string of the molecule is CN(C(=O)/C=C/c1cccc(N)c1)C1CCC(O)(CCc2ccc(O)c(O)c2)C(CCNCC2CC2)C1. The summed E-state index contributed by atoms with van der Waals surface area (Å²) < 4.78 is 0. The van der Waals surface area contributed by atoms with Gasteiger partial charge in [0, 0.05) is 24.9 Å². The van der Waals surface area contributed by atoms with Crippen molar-refractivity contribution in [2.24, 2.45) is 11.8 Å². The number of aromatic hydroxyl groups is 2. The summed E-state index contributed by atoms with van der Waals surface area (Å²) in [5.41, 5.74) is 7.44. The van der Waals surface area contributed by atoms with Gasteiger partial charge < -0.3 is 31.3 Å². The lowest BCUT2D eigenvalue weighted by Gasteiger charge is -2.45. The molecule has 1 amide bonds. The first kappa shape index (κ1) is 27.0. The monoisotopic (exact) mass is 507 g/mol. The topological polar surface area (TPSA) is 119 Å². The fourth-order valence-electron chi connectivity index (χ4n) is 5.47. The molecule has 3 atom stereocenters. The van der Waals surface area contributed by atoms with Crippen LogP contribution in [-0.4, -0.2) is 57.9 Å². The number of aryl methyl sites for hydroxylation is 1. The minimum atomic E-state index is -0.841. The van der Waals surface area contributed by atoms with Gasteiger partial charge in [-0.25, -0.2) is 0 Å². The Morgan fingerprint density at radius 2 is 1.97 bits per heavy atom. The summed E-state index contributed by atoms with van der Waals surface area (Å²) in [6.07, 6.45) is 10.1. The van der Waals surface area contributed by atoms with Crippen LogP contribution in [0.2, 0.25) is 0 Å². The van der Waals surface area contributed by atoms with Gasteiger partial charge in [-0.05, 0) is 118 Å². The number of phenols is 2. The predicted octanol–water partition coefficient (Wildman–Crippen LogP) is 4.07. The van der Waals surface area contributed by atoms with Crippen molar-refractivity contribution < 1.29 is 20.1 Å². The summed E-state index contributed by atoms with van der Waals surface area (Å²) in [7, 11) is 1.85. The van der Waals surface area contributed by atoms with Gasteiger partial charge >= 0.3 is 0 Å². The molecule has 6 N–H and O–H groups in total. The van der Waals surface area contributed by atoms with Gasteiger partial charge in [-0.2, -0.15) is 0 Å². The summed E-state index contributed by atoms with van der Waals surface area (Å²) in [5.74, 6) is 0.524. The molecule has 2 aliphatic carbocycles. The minimum absolute atomic E-state index is 0.0526. The summed E-state index contributed by atoms with van der Waals surface area (Å²) >= 11 is 0. The van der Waals surface area contributed by atoms with E-state index in [0.717, 1.165) is 49.4 Å². The zero-order valence-corrected chi connectivity index (χ0v) is 21.8. The van der Waals surface area contributed by atoms with E-state index in [1.165, 1.54) is 18.9 Å². The highest BCUT2D eigenvalue weighted by atomic mass is 16.3. The van der Waals surface area contributed by atoms with Crippen LogP contribution in [0.3, 0.4) is 0 Å². The maximum absolute atomic E-state index is 13.0. The van der Waals surface area contributed by atoms with Crippen molar-refractivity contribution in [2.45, 2.75) is 63.0 Å². The number of benzene rings is 2. The molecule has 37 heavy (non-hydrogen) atoms. The van der Waals surface area contributed by atoms with Crippen molar-refractivity contribution >= 4 is 17.7 Å². The average Bonchev–Trinajstić information content (AvgIpc) is 3.71. The van der Waals surface area contributed by atoms with Crippen LogP contribution < -0.4 is 11.1 Å². The molecule has 200 valence electrons. The molecule has 2 saturated carbocycles. The molecule has 4 rings (SSSR count). The van der Waals surface area contributed by atoms with E-state index >= 15 is 0 Å². The van der Waals surface area contributed by atoms with Crippen molar-refractivity contribution in [3.8, 4) is 11.5 Å². The second-order valence-corrected chi connectivity index (χ2v) is 10.9. The van der Waals surface area contributed by atoms with Crippen LogP contribution >= 0.6 is 0 Å². The molecule has 7 heteroatoms. The van der Waals surface area contributed by atoms with E-state index in [0.29, 0.717) is 24.9 Å². The normalized spacial score (nSPS) is 23.8. The Hall–Kier alpha value is -3.03. The van der Waals surface area contributed by atoms with Gasteiger partial charge in [0.1, 0.15) is 0 Å². The molecule has 0 aromatic heterocycles. The molecule has 0 heterocycles. The van der Waals surface area contributed by atoms with E-state index in [9.17, 15) is 20.1 Å². The number of nitrogens with two attached hydrogens (primary N) is 1. The Balaban J connectivity index is 1.39. The number of hydrogen-bond acceptors (Lipinski definition) is 6. The van der Waals surface area contributed by atoms with Crippen LogP contribution in [0, 0.1) is 11.8 Å². The lowest BCUT2D eigenvalue weighted by atomic mass is 9.69. The van der Waals surface area contributed by atoms with Crippen LogP contribution in [0.25, 0.3) is 6.08 Å². The molecule has 0 bridgehead atoms. The van der Waals surface area contributed by atoms with Crippen molar-refractivity contribution in [1.82, 2.24) is 10.2 Å². The lowest BCUT2D eigenvalue weighted by Crippen LogP contribution is -2.50. The van der Waals surface area contributed by atoms with Gasteiger partial charge in [-0.15, -0.1) is 0 Å². The molecular formula is C30H41N3O4. The van der Waals surface area contributed by atoms with Crippen molar-refractivity contribution in [2.75, 3.05) is 25.9 Å². The molecule has 2 aromatic carbocycles. The van der Waals surface area contributed by atoms with E-state index in [1.54, 1.807) is 24.3 Å². The van der Waals surface area contributed by atoms with E-state index in [1.807, 2.05) is 36.2 Å². The number of carbonyl (C=O) groups excluding carboxylic acids is 1. The van der Waals surface area contributed by atoms with Crippen LogP contribution in [0.15, 0.2) is 48.5 Å². The van der Waals surface area contributed by atoms with Crippen molar-refractivity contribution in [3.05, 3.63) is 59.7 Å². The van der Waals surface area contributed by atoms with Crippen LogP contribution in [0.5, 0.6) is 11.5 Å². The zero-order valence-electron chi connectivity index (χ0n) is 21.8. The van der Waals surface area contributed by atoms with Gasteiger partial charge in [0.2, 0.25) is 5.91 Å². The van der Waals surface area contributed by atoms with Gasteiger partial charge in [-0.3, -0.25) is 4.79 Å². The number of aliphatic hydroxyl groups is 1. The number of nitrogens with zero attached hydrogens (tertiary/aromatic N) is 1. The van der Waals surface area contributed by atoms with E-state index in [4.69, 9.17) is 5.73 Å². The second kappa shape index (κ2) is 12.0. The van der Waals surface area contributed by atoms with Crippen molar-refractivity contribution in [1.29, 1.82) is 0 Å². The molecule has 2 aromatic rings. The van der Waals surface area contributed by atoms with Crippen LogP contribution in [0.1, 0.15) is 56.1 Å². The average molecular weight is 508 g/mol. The number of hydrogen-bond donors (Lipinski definition) is 5. The fourth-order valence-corrected chi connectivity index (χ4v) is 5.47. The Morgan fingerprint density at radius 3 is 2.70 bits per heavy atom. The Bertz CT molecular complexity index is 1100. The third-order valence-corrected chi connectivity index (χ3v) is 8.14. The number of likely N-dealkylation sites (N-methyl/N-ethyl adjacent to an activating group) is 1. The molecule has 0 radical (unpaired) electrons. The highest BCUT2D eigenvalue weighted by molar-refractivity contribution is 5.92. The standard InChI is InChI=1S/C30H41N3O4/c1-33(29(36)10-8-21-3-2-4-25(31)17-21)26-12-15-30(37,14-11-22-7-9-27(34)28(35)18-22)24(19-26)13-16-32-20-23-5-6-23/h2-4,7-10,17-18,23-24,26,32,34-35,37H,5-6,11-16,19-20,31H2,1H3/b10-8+. The maximum atomic E-state index is 13.0. The first-order valence-electron chi connectivity index (χ1n) is 13.5. The summed E-state index contributed by atoms with van der Waals surface area (Å²) in [5, 5.41) is 34.8. The minimum Gasteiger partial charge on any atom is -0.504 e. The zero-order chi connectivity index (χ0) is 26.4. The third kappa shape index (κ3) is 7.49. The summed E-state index contributed by atoms with van der Waals surface area (Å²) in [6, 6.07) is 12.3. The van der Waals surface area contributed by atoms with E-state index < -0.39 is 5.60 Å². The molecule has 0 aliphatic heterocycles. The first-order valence-corrected chi connectivity index (χ1v) is 13.5. The molecule has 7 nitrogen and oxygen atoms in total. The Kier molecular flexibility index (Phi) is 8.77. The Morgan fingerprint density at radius 1 is 1.16 bits per heavy atom. The lowest BCUT2D eigenvalue weighted by molar-refractivity contribution is -0.131. The van der Waals surface area contributed by atoms with Crippen LogP contribution in [0.4, 0.5) is 5.69 Å². The first-order chi connectivity index (χ1) is 17.7. The number of anilines is 1. The second-order valence-electron chi connectivity index (χ2n) is 10.9. The fraction of sp³-hybridized carbons (Fsp3) is 0.500. The molecule has 0 saturated heterocycles. The molecule has 2 fully saturated rings. The number of amides is 1. The van der Waals surface area contributed by atoms with Gasteiger partial charge in [0.15, 0.2) is 11.5 Å². The summed E-state index contributed by atoms with van der Waals surface area (Å²) in [4.78, 5) is 14.8. The number of nitrogens with one attached hydrogen (secondary N) is 1. The molecule has 3 unspecified atom stereocenters. The van der Waals surface area contributed by atoms with E-state index in [-0.39, 0.29) is 29.4 Å². The largest absolute Gasteiger partial charge is 0.504 e. The number of rotatable bonds is 11. The van der Waals surface area contributed by atoms with Gasteiger partial charge in [-0.1, -0.05) is 18.2 Å². The van der Waals surface area contributed by atoms with Gasteiger partial charge in [0.05, 0.1) is 5.60 Å². The molecule has 2 aliphatic rings. The number of phenolic OH excluding ortho intramolecular Hbond substituents is 2. The highest BCUT2D eigenvalue weighted by Gasteiger charge is 2.42. The van der Waals surface area contributed by atoms with E-state index in [2.05, 4.69) is 5.32 Å². The number of carbonyl (C=O) groups is 1. The van der Waals surface area contributed by atoms with Crippen LogP contribution in [-0.2, 0) is 11.2 Å².